The SMILES string of the molecule is Cc1ccc(C(=O)N2CCC(Oc3cccnc3)CC2)cc1. The number of rotatable bonds is 3. The molecule has 114 valence electrons. The molecule has 1 aliphatic rings. The lowest BCUT2D eigenvalue weighted by Gasteiger charge is -2.32. The molecule has 0 unspecified atom stereocenters. The fraction of sp³-hybridized carbons (Fsp3) is 0.333. The summed E-state index contributed by atoms with van der Waals surface area (Å²) in [4.78, 5) is 18.4. The molecular weight excluding hydrogens is 276 g/mol. The van der Waals surface area contributed by atoms with Gasteiger partial charge in [0.1, 0.15) is 11.9 Å². The molecule has 1 aliphatic heterocycles. The number of likely N-dealkylation sites (tertiary alicyclic amines) is 1. The summed E-state index contributed by atoms with van der Waals surface area (Å²) in [5.74, 6) is 0.908. The molecule has 3 rings (SSSR count). The van der Waals surface area contributed by atoms with E-state index >= 15 is 0 Å². The van der Waals surface area contributed by atoms with Crippen LogP contribution in [0.2, 0.25) is 0 Å². The lowest BCUT2D eigenvalue weighted by atomic mass is 10.1. The molecule has 2 aromatic rings. The summed E-state index contributed by atoms with van der Waals surface area (Å²) < 4.78 is 5.90. The molecule has 0 atom stereocenters. The van der Waals surface area contributed by atoms with Crippen molar-refractivity contribution < 1.29 is 9.53 Å². The summed E-state index contributed by atoms with van der Waals surface area (Å²) in [6.07, 6.45) is 5.32. The van der Waals surface area contributed by atoms with Crippen molar-refractivity contribution in [3.05, 3.63) is 59.9 Å². The summed E-state index contributed by atoms with van der Waals surface area (Å²) in [6.45, 7) is 3.49. The maximum atomic E-state index is 12.5. The van der Waals surface area contributed by atoms with Crippen LogP contribution in [0, 0.1) is 6.92 Å². The van der Waals surface area contributed by atoms with E-state index in [1.54, 1.807) is 12.4 Å². The van der Waals surface area contributed by atoms with Gasteiger partial charge in [-0.15, -0.1) is 0 Å². The number of piperidine rings is 1. The highest BCUT2D eigenvalue weighted by Crippen LogP contribution is 2.19. The van der Waals surface area contributed by atoms with Crippen molar-refractivity contribution in [2.45, 2.75) is 25.9 Å². The van der Waals surface area contributed by atoms with E-state index in [0.717, 1.165) is 37.2 Å². The Labute approximate surface area is 130 Å². The number of amides is 1. The van der Waals surface area contributed by atoms with E-state index < -0.39 is 0 Å². The number of carbonyl (C=O) groups is 1. The minimum atomic E-state index is 0.111. The number of hydrogen-bond acceptors (Lipinski definition) is 3. The van der Waals surface area contributed by atoms with E-state index in [0.29, 0.717) is 0 Å². The lowest BCUT2D eigenvalue weighted by molar-refractivity contribution is 0.0595. The van der Waals surface area contributed by atoms with Crippen molar-refractivity contribution in [2.75, 3.05) is 13.1 Å². The van der Waals surface area contributed by atoms with Gasteiger partial charge in [0.25, 0.3) is 5.91 Å². The predicted molar refractivity (Wildman–Crippen MR) is 85.0 cm³/mol. The van der Waals surface area contributed by atoms with Crippen molar-refractivity contribution in [3.63, 3.8) is 0 Å². The molecule has 1 amide bonds. The van der Waals surface area contributed by atoms with Gasteiger partial charge in [-0.25, -0.2) is 0 Å². The predicted octanol–water partition coefficient (Wildman–Crippen LogP) is 3.07. The standard InChI is InChI=1S/C18H20N2O2/c1-14-4-6-15(7-5-14)18(21)20-11-8-16(9-12-20)22-17-3-2-10-19-13-17/h2-7,10,13,16H,8-9,11-12H2,1H3. The zero-order valence-electron chi connectivity index (χ0n) is 12.7. The Bertz CT molecular complexity index is 617. The molecule has 1 fully saturated rings. The van der Waals surface area contributed by atoms with Gasteiger partial charge in [0, 0.05) is 37.7 Å². The molecule has 0 saturated carbocycles. The molecule has 1 saturated heterocycles. The number of aromatic nitrogens is 1. The molecule has 0 N–H and O–H groups in total. The first-order valence-electron chi connectivity index (χ1n) is 7.65. The summed E-state index contributed by atoms with van der Waals surface area (Å²) >= 11 is 0. The molecule has 22 heavy (non-hydrogen) atoms. The van der Waals surface area contributed by atoms with Crippen LogP contribution in [0.4, 0.5) is 0 Å². The molecular formula is C18H20N2O2. The zero-order valence-corrected chi connectivity index (χ0v) is 12.7. The van der Waals surface area contributed by atoms with Gasteiger partial charge in [-0.2, -0.15) is 0 Å². The van der Waals surface area contributed by atoms with Crippen molar-refractivity contribution in [2.24, 2.45) is 0 Å². The van der Waals surface area contributed by atoms with Crippen molar-refractivity contribution >= 4 is 5.91 Å². The van der Waals surface area contributed by atoms with Crippen LogP contribution in [0.3, 0.4) is 0 Å². The number of benzene rings is 1. The Balaban J connectivity index is 1.55. The van der Waals surface area contributed by atoms with Crippen LogP contribution in [0.1, 0.15) is 28.8 Å². The van der Waals surface area contributed by atoms with Gasteiger partial charge in [-0.05, 0) is 31.2 Å². The van der Waals surface area contributed by atoms with E-state index in [4.69, 9.17) is 4.74 Å². The van der Waals surface area contributed by atoms with Gasteiger partial charge in [0.05, 0.1) is 6.20 Å². The average Bonchev–Trinajstić information content (AvgIpc) is 2.57. The van der Waals surface area contributed by atoms with E-state index in [9.17, 15) is 4.79 Å². The molecule has 0 radical (unpaired) electrons. The minimum Gasteiger partial charge on any atom is -0.489 e. The molecule has 0 aliphatic carbocycles. The normalized spacial score (nSPS) is 15.6. The van der Waals surface area contributed by atoms with Crippen LogP contribution in [0.15, 0.2) is 48.8 Å². The topological polar surface area (TPSA) is 42.4 Å². The largest absolute Gasteiger partial charge is 0.489 e. The second-order valence-electron chi connectivity index (χ2n) is 5.66. The first-order valence-corrected chi connectivity index (χ1v) is 7.65. The number of ether oxygens (including phenoxy) is 1. The number of hydrogen-bond donors (Lipinski definition) is 0. The minimum absolute atomic E-state index is 0.111. The van der Waals surface area contributed by atoms with Crippen LogP contribution in [0.5, 0.6) is 5.75 Å². The smallest absolute Gasteiger partial charge is 0.253 e. The second-order valence-corrected chi connectivity index (χ2v) is 5.66. The second kappa shape index (κ2) is 6.60. The molecule has 0 spiro atoms. The highest BCUT2D eigenvalue weighted by Gasteiger charge is 2.24. The van der Waals surface area contributed by atoms with Gasteiger partial charge in [0.2, 0.25) is 0 Å². The molecule has 0 bridgehead atoms. The Morgan fingerprint density at radius 2 is 1.91 bits per heavy atom. The van der Waals surface area contributed by atoms with Crippen LogP contribution >= 0.6 is 0 Å². The molecule has 2 heterocycles. The summed E-state index contributed by atoms with van der Waals surface area (Å²) in [5, 5.41) is 0. The number of aryl methyl sites for hydroxylation is 1. The summed E-state index contributed by atoms with van der Waals surface area (Å²) in [6, 6.07) is 11.5. The Morgan fingerprint density at radius 3 is 2.55 bits per heavy atom. The van der Waals surface area contributed by atoms with Crippen LogP contribution in [-0.4, -0.2) is 35.0 Å². The fourth-order valence-corrected chi connectivity index (χ4v) is 2.66. The van der Waals surface area contributed by atoms with Crippen molar-refractivity contribution in [3.8, 4) is 5.75 Å². The monoisotopic (exact) mass is 296 g/mol. The van der Waals surface area contributed by atoms with E-state index in [1.807, 2.05) is 48.2 Å². The number of nitrogens with zero attached hydrogens (tertiary/aromatic N) is 2. The Hall–Kier alpha value is -2.36. The van der Waals surface area contributed by atoms with E-state index in [-0.39, 0.29) is 12.0 Å². The zero-order chi connectivity index (χ0) is 15.4. The van der Waals surface area contributed by atoms with Crippen molar-refractivity contribution in [1.82, 2.24) is 9.88 Å². The summed E-state index contributed by atoms with van der Waals surface area (Å²) in [7, 11) is 0. The quantitative estimate of drug-likeness (QED) is 0.874. The van der Waals surface area contributed by atoms with Gasteiger partial charge < -0.3 is 9.64 Å². The Kier molecular flexibility index (Phi) is 4.37. The summed E-state index contributed by atoms with van der Waals surface area (Å²) in [5.41, 5.74) is 1.93. The Morgan fingerprint density at radius 1 is 1.18 bits per heavy atom. The van der Waals surface area contributed by atoms with Crippen LogP contribution in [-0.2, 0) is 0 Å². The maximum Gasteiger partial charge on any atom is 0.253 e. The van der Waals surface area contributed by atoms with Gasteiger partial charge in [-0.3, -0.25) is 9.78 Å². The van der Waals surface area contributed by atoms with Crippen LogP contribution < -0.4 is 4.74 Å². The third-order valence-corrected chi connectivity index (χ3v) is 3.96. The average molecular weight is 296 g/mol. The third kappa shape index (κ3) is 3.45. The third-order valence-electron chi connectivity index (χ3n) is 3.96. The number of carbonyl (C=O) groups excluding carboxylic acids is 1. The van der Waals surface area contributed by atoms with E-state index in [1.165, 1.54) is 5.56 Å². The lowest BCUT2D eigenvalue weighted by Crippen LogP contribution is -2.41. The van der Waals surface area contributed by atoms with Crippen molar-refractivity contribution in [1.29, 1.82) is 0 Å². The highest BCUT2D eigenvalue weighted by atomic mass is 16.5. The molecule has 4 nitrogen and oxygen atoms in total. The first kappa shape index (κ1) is 14.6. The molecule has 1 aromatic heterocycles. The maximum absolute atomic E-state index is 12.5. The molecule has 4 heteroatoms. The van der Waals surface area contributed by atoms with Gasteiger partial charge in [0.15, 0.2) is 0 Å². The van der Waals surface area contributed by atoms with Gasteiger partial charge >= 0.3 is 0 Å². The van der Waals surface area contributed by atoms with Crippen LogP contribution in [0.25, 0.3) is 0 Å². The molecule has 1 aromatic carbocycles. The first-order chi connectivity index (χ1) is 10.7. The number of pyridine rings is 1. The van der Waals surface area contributed by atoms with E-state index in [2.05, 4.69) is 4.98 Å². The van der Waals surface area contributed by atoms with Gasteiger partial charge in [-0.1, -0.05) is 17.7 Å². The fourth-order valence-electron chi connectivity index (χ4n) is 2.66. The highest BCUT2D eigenvalue weighted by molar-refractivity contribution is 5.94.